The molecule has 146 valence electrons. The smallest absolute Gasteiger partial charge is 0.255 e. The van der Waals surface area contributed by atoms with Gasteiger partial charge < -0.3 is 15.2 Å². The van der Waals surface area contributed by atoms with Crippen molar-refractivity contribution in [3.63, 3.8) is 0 Å². The molecule has 28 heavy (non-hydrogen) atoms. The Morgan fingerprint density at radius 1 is 1.21 bits per heavy atom. The maximum absolute atomic E-state index is 12.8. The SMILES string of the molecule is CN(C)c1ncc(Br)cc1C(=O)NC1CCC(c2nc3ccccc3[nH]2)CC1. The van der Waals surface area contributed by atoms with Gasteiger partial charge in [-0.3, -0.25) is 4.79 Å². The molecule has 0 spiro atoms. The van der Waals surface area contributed by atoms with Crippen molar-refractivity contribution in [2.24, 2.45) is 0 Å². The lowest BCUT2D eigenvalue weighted by Gasteiger charge is -2.28. The molecule has 0 aliphatic heterocycles. The first-order valence-electron chi connectivity index (χ1n) is 9.59. The number of hydrogen-bond acceptors (Lipinski definition) is 4. The van der Waals surface area contributed by atoms with Crippen LogP contribution < -0.4 is 10.2 Å². The number of benzene rings is 1. The van der Waals surface area contributed by atoms with E-state index in [1.807, 2.05) is 43.3 Å². The first-order chi connectivity index (χ1) is 13.5. The van der Waals surface area contributed by atoms with E-state index in [9.17, 15) is 4.79 Å². The van der Waals surface area contributed by atoms with Crippen LogP contribution in [0.15, 0.2) is 41.0 Å². The number of carbonyl (C=O) groups excluding carboxylic acids is 1. The van der Waals surface area contributed by atoms with E-state index in [2.05, 4.69) is 37.3 Å². The number of rotatable bonds is 4. The quantitative estimate of drug-likeness (QED) is 0.634. The molecule has 2 heterocycles. The largest absolute Gasteiger partial charge is 0.362 e. The van der Waals surface area contributed by atoms with E-state index in [1.165, 1.54) is 0 Å². The fourth-order valence-electron chi connectivity index (χ4n) is 3.90. The van der Waals surface area contributed by atoms with Crippen molar-refractivity contribution in [1.29, 1.82) is 0 Å². The summed E-state index contributed by atoms with van der Waals surface area (Å²) in [5.74, 6) is 2.10. The van der Waals surface area contributed by atoms with Gasteiger partial charge in [0.05, 0.1) is 16.6 Å². The van der Waals surface area contributed by atoms with Crippen molar-refractivity contribution in [2.45, 2.75) is 37.6 Å². The fraction of sp³-hybridized carbons (Fsp3) is 0.381. The van der Waals surface area contributed by atoms with Crippen LogP contribution in [0.1, 0.15) is 47.8 Å². The number of hydrogen-bond donors (Lipinski definition) is 2. The van der Waals surface area contributed by atoms with Crippen molar-refractivity contribution >= 4 is 38.7 Å². The summed E-state index contributed by atoms with van der Waals surface area (Å²) in [5.41, 5.74) is 2.70. The van der Waals surface area contributed by atoms with E-state index in [4.69, 9.17) is 4.98 Å². The van der Waals surface area contributed by atoms with Crippen LogP contribution in [0.5, 0.6) is 0 Å². The normalized spacial score (nSPS) is 19.5. The molecule has 1 aliphatic rings. The van der Waals surface area contributed by atoms with Crippen LogP contribution in [0.4, 0.5) is 5.82 Å². The van der Waals surface area contributed by atoms with Gasteiger partial charge in [-0.1, -0.05) is 12.1 Å². The van der Waals surface area contributed by atoms with Gasteiger partial charge in [0.2, 0.25) is 0 Å². The van der Waals surface area contributed by atoms with Crippen molar-refractivity contribution in [3.8, 4) is 0 Å². The molecule has 0 unspecified atom stereocenters. The maximum atomic E-state index is 12.8. The van der Waals surface area contributed by atoms with E-state index in [-0.39, 0.29) is 11.9 Å². The lowest BCUT2D eigenvalue weighted by atomic mass is 9.85. The van der Waals surface area contributed by atoms with Crippen LogP contribution in [0, 0.1) is 0 Å². The second kappa shape index (κ2) is 7.91. The Bertz CT molecular complexity index is 958. The standard InChI is InChI=1S/C21H24BrN5O/c1-27(2)20-16(11-14(22)12-23-20)21(28)24-15-9-7-13(8-10-15)19-25-17-5-3-4-6-18(17)26-19/h3-6,11-13,15H,7-10H2,1-2H3,(H,24,28)(H,25,26). The molecule has 2 aromatic heterocycles. The zero-order valence-corrected chi connectivity index (χ0v) is 17.7. The van der Waals surface area contributed by atoms with Crippen LogP contribution in [0.2, 0.25) is 0 Å². The maximum Gasteiger partial charge on any atom is 0.255 e. The van der Waals surface area contributed by atoms with Gasteiger partial charge in [0.15, 0.2) is 0 Å². The molecule has 6 nitrogen and oxygen atoms in total. The molecular formula is C21H24BrN5O. The van der Waals surface area contributed by atoms with Crippen molar-refractivity contribution < 1.29 is 4.79 Å². The highest BCUT2D eigenvalue weighted by molar-refractivity contribution is 9.10. The zero-order chi connectivity index (χ0) is 19.7. The molecule has 7 heteroatoms. The number of halogens is 1. The Hall–Kier alpha value is -2.41. The van der Waals surface area contributed by atoms with Crippen LogP contribution in [0.25, 0.3) is 11.0 Å². The highest BCUT2D eigenvalue weighted by Gasteiger charge is 2.26. The molecule has 0 radical (unpaired) electrons. The number of imidazole rings is 1. The van der Waals surface area contributed by atoms with Gasteiger partial charge in [0.25, 0.3) is 5.91 Å². The lowest BCUT2D eigenvalue weighted by Crippen LogP contribution is -2.38. The minimum Gasteiger partial charge on any atom is -0.362 e. The van der Waals surface area contributed by atoms with Gasteiger partial charge in [0, 0.05) is 36.7 Å². The predicted molar refractivity (Wildman–Crippen MR) is 115 cm³/mol. The number of nitrogens with zero attached hydrogens (tertiary/aromatic N) is 3. The van der Waals surface area contributed by atoms with Crippen molar-refractivity contribution in [2.75, 3.05) is 19.0 Å². The number of anilines is 1. The van der Waals surface area contributed by atoms with Crippen LogP contribution in [-0.2, 0) is 0 Å². The molecule has 1 saturated carbocycles. The highest BCUT2D eigenvalue weighted by atomic mass is 79.9. The first-order valence-corrected chi connectivity index (χ1v) is 10.4. The van der Waals surface area contributed by atoms with E-state index < -0.39 is 0 Å². The number of amides is 1. The Balaban J connectivity index is 1.40. The second-order valence-electron chi connectivity index (χ2n) is 7.58. The van der Waals surface area contributed by atoms with Gasteiger partial charge in [-0.15, -0.1) is 0 Å². The Morgan fingerprint density at radius 2 is 1.96 bits per heavy atom. The lowest BCUT2D eigenvalue weighted by molar-refractivity contribution is 0.0925. The minimum absolute atomic E-state index is 0.0651. The first kappa shape index (κ1) is 18.9. The summed E-state index contributed by atoms with van der Waals surface area (Å²) in [7, 11) is 3.79. The summed E-state index contributed by atoms with van der Waals surface area (Å²) in [6, 6.07) is 10.1. The molecule has 1 aromatic carbocycles. The van der Waals surface area contributed by atoms with Gasteiger partial charge in [0.1, 0.15) is 11.6 Å². The molecular weight excluding hydrogens is 418 g/mol. The number of aromatic amines is 1. The molecule has 0 bridgehead atoms. The third-order valence-corrected chi connectivity index (χ3v) is 5.79. The molecule has 0 atom stereocenters. The number of carbonyl (C=O) groups is 1. The number of para-hydroxylation sites is 2. The number of aromatic nitrogens is 3. The zero-order valence-electron chi connectivity index (χ0n) is 16.1. The summed E-state index contributed by atoms with van der Waals surface area (Å²) < 4.78 is 0.803. The van der Waals surface area contributed by atoms with E-state index in [0.717, 1.165) is 47.0 Å². The highest BCUT2D eigenvalue weighted by Crippen LogP contribution is 2.32. The summed E-state index contributed by atoms with van der Waals surface area (Å²) in [6.45, 7) is 0. The summed E-state index contributed by atoms with van der Waals surface area (Å²) in [4.78, 5) is 27.3. The third-order valence-electron chi connectivity index (χ3n) is 5.36. The minimum atomic E-state index is -0.0651. The topological polar surface area (TPSA) is 73.9 Å². The molecule has 3 aromatic rings. The monoisotopic (exact) mass is 441 g/mol. The molecule has 1 aliphatic carbocycles. The fourth-order valence-corrected chi connectivity index (χ4v) is 4.23. The van der Waals surface area contributed by atoms with E-state index in [1.54, 1.807) is 6.20 Å². The number of pyridine rings is 1. The molecule has 1 fully saturated rings. The van der Waals surface area contributed by atoms with Gasteiger partial charge in [-0.2, -0.15) is 0 Å². The van der Waals surface area contributed by atoms with Crippen molar-refractivity contribution in [1.82, 2.24) is 20.3 Å². The van der Waals surface area contributed by atoms with Gasteiger partial charge in [-0.25, -0.2) is 9.97 Å². The average Bonchev–Trinajstić information content (AvgIpc) is 3.12. The predicted octanol–water partition coefficient (Wildman–Crippen LogP) is 4.24. The van der Waals surface area contributed by atoms with Crippen molar-refractivity contribution in [3.05, 3.63) is 52.4 Å². The average molecular weight is 442 g/mol. The van der Waals surface area contributed by atoms with Gasteiger partial charge >= 0.3 is 0 Å². The second-order valence-corrected chi connectivity index (χ2v) is 8.50. The Labute approximate surface area is 172 Å². The van der Waals surface area contributed by atoms with Crippen LogP contribution >= 0.6 is 15.9 Å². The Morgan fingerprint density at radius 3 is 2.68 bits per heavy atom. The Kier molecular flexibility index (Phi) is 5.35. The van der Waals surface area contributed by atoms with E-state index in [0.29, 0.717) is 17.3 Å². The summed E-state index contributed by atoms with van der Waals surface area (Å²) in [6.07, 6.45) is 5.65. The summed E-state index contributed by atoms with van der Waals surface area (Å²) in [5, 5.41) is 3.20. The molecule has 2 N–H and O–H groups in total. The van der Waals surface area contributed by atoms with Crippen LogP contribution in [-0.4, -0.2) is 41.0 Å². The number of H-pyrrole nitrogens is 1. The molecule has 1 amide bonds. The van der Waals surface area contributed by atoms with E-state index >= 15 is 0 Å². The third kappa shape index (κ3) is 3.90. The van der Waals surface area contributed by atoms with Crippen LogP contribution in [0.3, 0.4) is 0 Å². The summed E-state index contributed by atoms with van der Waals surface area (Å²) >= 11 is 3.42. The molecule has 4 rings (SSSR count). The molecule has 0 saturated heterocycles. The van der Waals surface area contributed by atoms with Gasteiger partial charge in [-0.05, 0) is 59.8 Å². The number of nitrogens with one attached hydrogen (secondary N) is 2. The number of fused-ring (bicyclic) bond motifs is 1.